The van der Waals surface area contributed by atoms with E-state index in [2.05, 4.69) is 16.9 Å². The molecule has 112 valence electrons. The SMILES string of the molecule is C=CCSCCNC(=O)[C@@H](N)Cc1c[nH]c2ccccc12. The number of fused-ring (bicyclic) bond motifs is 1. The van der Waals surface area contributed by atoms with Gasteiger partial charge in [-0.2, -0.15) is 11.8 Å². The Hall–Kier alpha value is -1.72. The predicted molar refractivity (Wildman–Crippen MR) is 90.5 cm³/mol. The fourth-order valence-electron chi connectivity index (χ4n) is 2.17. The minimum Gasteiger partial charge on any atom is -0.361 e. The number of carbonyl (C=O) groups is 1. The molecule has 0 bridgehead atoms. The molecule has 0 saturated carbocycles. The molecule has 4 nitrogen and oxygen atoms in total. The van der Waals surface area contributed by atoms with Gasteiger partial charge >= 0.3 is 0 Å². The van der Waals surface area contributed by atoms with Crippen LogP contribution in [0.2, 0.25) is 0 Å². The summed E-state index contributed by atoms with van der Waals surface area (Å²) in [4.78, 5) is 15.2. The highest BCUT2D eigenvalue weighted by Crippen LogP contribution is 2.18. The number of amides is 1. The molecule has 0 aliphatic carbocycles. The molecule has 0 aliphatic heterocycles. The summed E-state index contributed by atoms with van der Waals surface area (Å²) in [7, 11) is 0. The van der Waals surface area contributed by atoms with E-state index in [4.69, 9.17) is 5.73 Å². The van der Waals surface area contributed by atoms with Crippen molar-refractivity contribution in [2.75, 3.05) is 18.1 Å². The lowest BCUT2D eigenvalue weighted by Gasteiger charge is -2.11. The number of rotatable bonds is 8. The van der Waals surface area contributed by atoms with Gasteiger partial charge in [0.1, 0.15) is 0 Å². The maximum atomic E-state index is 12.0. The molecule has 0 radical (unpaired) electrons. The molecule has 1 amide bonds. The first-order valence-electron chi connectivity index (χ1n) is 6.99. The summed E-state index contributed by atoms with van der Waals surface area (Å²) in [5, 5.41) is 4.00. The molecule has 0 saturated heterocycles. The van der Waals surface area contributed by atoms with Gasteiger partial charge in [0.2, 0.25) is 5.91 Å². The number of aromatic nitrogens is 1. The van der Waals surface area contributed by atoms with Crippen LogP contribution in [0.1, 0.15) is 5.56 Å². The van der Waals surface area contributed by atoms with Gasteiger partial charge in [0.15, 0.2) is 0 Å². The summed E-state index contributed by atoms with van der Waals surface area (Å²) in [6.07, 6.45) is 4.32. The Balaban J connectivity index is 1.84. The Labute approximate surface area is 129 Å². The van der Waals surface area contributed by atoms with Crippen LogP contribution in [0.4, 0.5) is 0 Å². The van der Waals surface area contributed by atoms with Gasteiger partial charge < -0.3 is 16.0 Å². The zero-order valence-electron chi connectivity index (χ0n) is 12.0. The molecule has 1 heterocycles. The van der Waals surface area contributed by atoms with Gasteiger partial charge in [0.05, 0.1) is 6.04 Å². The minimum atomic E-state index is -0.520. The average Bonchev–Trinajstić information content (AvgIpc) is 2.90. The number of thioether (sulfide) groups is 1. The van der Waals surface area contributed by atoms with Crippen LogP contribution in [0.15, 0.2) is 43.1 Å². The van der Waals surface area contributed by atoms with Gasteiger partial charge in [-0.15, -0.1) is 6.58 Å². The maximum absolute atomic E-state index is 12.0. The van der Waals surface area contributed by atoms with E-state index in [1.165, 1.54) is 0 Å². The Morgan fingerprint density at radius 3 is 3.10 bits per heavy atom. The Kier molecular flexibility index (Phi) is 5.90. The molecule has 2 aromatic rings. The highest BCUT2D eigenvalue weighted by Gasteiger charge is 2.15. The summed E-state index contributed by atoms with van der Waals surface area (Å²) < 4.78 is 0. The third-order valence-electron chi connectivity index (χ3n) is 3.23. The van der Waals surface area contributed by atoms with Crippen molar-refractivity contribution in [3.63, 3.8) is 0 Å². The lowest BCUT2D eigenvalue weighted by Crippen LogP contribution is -2.42. The second kappa shape index (κ2) is 7.90. The van der Waals surface area contributed by atoms with Crippen LogP contribution in [-0.4, -0.2) is 35.0 Å². The first-order valence-corrected chi connectivity index (χ1v) is 8.14. The van der Waals surface area contributed by atoms with E-state index in [0.717, 1.165) is 28.0 Å². The van der Waals surface area contributed by atoms with Crippen LogP contribution in [0.5, 0.6) is 0 Å². The Morgan fingerprint density at radius 1 is 1.48 bits per heavy atom. The minimum absolute atomic E-state index is 0.0977. The number of para-hydroxylation sites is 1. The predicted octanol–water partition coefficient (Wildman–Crippen LogP) is 2.07. The number of hydrogen-bond acceptors (Lipinski definition) is 3. The summed E-state index contributed by atoms with van der Waals surface area (Å²) >= 11 is 1.74. The molecule has 0 fully saturated rings. The zero-order chi connectivity index (χ0) is 15.1. The average molecular weight is 303 g/mol. The van der Waals surface area contributed by atoms with Crippen LogP contribution in [0.25, 0.3) is 10.9 Å². The summed E-state index contributed by atoms with van der Waals surface area (Å²) in [6, 6.07) is 7.51. The summed E-state index contributed by atoms with van der Waals surface area (Å²) in [5.41, 5.74) is 8.14. The first kappa shape index (κ1) is 15.7. The molecule has 0 aliphatic rings. The highest BCUT2D eigenvalue weighted by atomic mass is 32.2. The number of hydrogen-bond donors (Lipinski definition) is 3. The molecule has 4 N–H and O–H groups in total. The fraction of sp³-hybridized carbons (Fsp3) is 0.312. The molecular formula is C16H21N3OS. The number of nitrogens with one attached hydrogen (secondary N) is 2. The fourth-order valence-corrected chi connectivity index (χ4v) is 2.75. The van der Waals surface area contributed by atoms with E-state index in [-0.39, 0.29) is 5.91 Å². The first-order chi connectivity index (χ1) is 10.2. The molecule has 0 unspecified atom stereocenters. The highest BCUT2D eigenvalue weighted by molar-refractivity contribution is 7.99. The lowest BCUT2D eigenvalue weighted by atomic mass is 10.1. The third kappa shape index (κ3) is 4.37. The zero-order valence-corrected chi connectivity index (χ0v) is 12.8. The summed E-state index contributed by atoms with van der Waals surface area (Å²) in [5.74, 6) is 1.67. The van der Waals surface area contributed by atoms with Crippen LogP contribution in [0, 0.1) is 0 Å². The third-order valence-corrected chi connectivity index (χ3v) is 4.20. The van der Waals surface area contributed by atoms with Gasteiger partial charge in [-0.1, -0.05) is 24.3 Å². The number of nitrogens with two attached hydrogens (primary N) is 1. The molecule has 0 spiro atoms. The van der Waals surface area contributed by atoms with Crippen molar-refractivity contribution in [3.05, 3.63) is 48.7 Å². The normalized spacial score (nSPS) is 12.2. The van der Waals surface area contributed by atoms with Crippen molar-refractivity contribution >= 4 is 28.6 Å². The van der Waals surface area contributed by atoms with E-state index in [1.807, 2.05) is 36.5 Å². The standard InChI is InChI=1S/C16H21N3OS/c1-2-8-21-9-7-18-16(20)14(17)10-12-11-19-15-6-4-3-5-13(12)15/h2-6,11,14,19H,1,7-10,17H2,(H,18,20)/t14-/m0/s1. The molecule has 1 aromatic heterocycles. The maximum Gasteiger partial charge on any atom is 0.237 e. The Morgan fingerprint density at radius 2 is 2.29 bits per heavy atom. The van der Waals surface area contributed by atoms with E-state index < -0.39 is 6.04 Å². The number of H-pyrrole nitrogens is 1. The van der Waals surface area contributed by atoms with E-state index >= 15 is 0 Å². The van der Waals surface area contributed by atoms with Crippen LogP contribution in [-0.2, 0) is 11.2 Å². The molecule has 1 aromatic carbocycles. The molecule has 21 heavy (non-hydrogen) atoms. The second-order valence-electron chi connectivity index (χ2n) is 4.82. The number of benzene rings is 1. The van der Waals surface area contributed by atoms with Gasteiger partial charge in [-0.25, -0.2) is 0 Å². The molecule has 2 rings (SSSR count). The lowest BCUT2D eigenvalue weighted by molar-refractivity contribution is -0.122. The van der Waals surface area contributed by atoms with Crippen molar-refractivity contribution < 1.29 is 4.79 Å². The number of aromatic amines is 1. The molecular weight excluding hydrogens is 282 g/mol. The van der Waals surface area contributed by atoms with Gasteiger partial charge in [-0.3, -0.25) is 4.79 Å². The van der Waals surface area contributed by atoms with E-state index in [9.17, 15) is 4.79 Å². The topological polar surface area (TPSA) is 70.9 Å². The molecule has 1 atom stereocenters. The quantitative estimate of drug-likeness (QED) is 0.516. The molecule has 5 heteroatoms. The van der Waals surface area contributed by atoms with Gasteiger partial charge in [0.25, 0.3) is 0 Å². The van der Waals surface area contributed by atoms with Crippen molar-refractivity contribution in [2.45, 2.75) is 12.5 Å². The van der Waals surface area contributed by atoms with Crippen LogP contribution >= 0.6 is 11.8 Å². The van der Waals surface area contributed by atoms with Crippen LogP contribution < -0.4 is 11.1 Å². The van der Waals surface area contributed by atoms with Crippen molar-refractivity contribution in [1.29, 1.82) is 0 Å². The van der Waals surface area contributed by atoms with Gasteiger partial charge in [0, 0.05) is 35.2 Å². The van der Waals surface area contributed by atoms with Crippen molar-refractivity contribution in [1.82, 2.24) is 10.3 Å². The van der Waals surface area contributed by atoms with Crippen molar-refractivity contribution in [3.8, 4) is 0 Å². The largest absolute Gasteiger partial charge is 0.361 e. The number of carbonyl (C=O) groups excluding carboxylic acids is 1. The second-order valence-corrected chi connectivity index (χ2v) is 5.97. The summed E-state index contributed by atoms with van der Waals surface area (Å²) in [6.45, 7) is 4.29. The van der Waals surface area contributed by atoms with Gasteiger partial charge in [-0.05, 0) is 18.1 Å². The Bertz CT molecular complexity index is 608. The monoisotopic (exact) mass is 303 g/mol. The van der Waals surface area contributed by atoms with Crippen molar-refractivity contribution in [2.24, 2.45) is 5.73 Å². The van der Waals surface area contributed by atoms with E-state index in [1.54, 1.807) is 11.8 Å². The van der Waals surface area contributed by atoms with Crippen LogP contribution in [0.3, 0.4) is 0 Å². The smallest absolute Gasteiger partial charge is 0.237 e. The van der Waals surface area contributed by atoms with E-state index in [0.29, 0.717) is 13.0 Å².